The van der Waals surface area contributed by atoms with E-state index in [1.165, 1.54) is 12.0 Å². The number of rotatable bonds is 6. The highest BCUT2D eigenvalue weighted by atomic mass is 19.1. The number of halogens is 1. The minimum Gasteiger partial charge on any atom is -0.383 e. The summed E-state index contributed by atoms with van der Waals surface area (Å²) in [5.74, 6) is 0.498. The summed E-state index contributed by atoms with van der Waals surface area (Å²) < 4.78 is 17.8. The van der Waals surface area contributed by atoms with Gasteiger partial charge < -0.3 is 10.1 Å². The third-order valence-electron chi connectivity index (χ3n) is 3.79. The van der Waals surface area contributed by atoms with Gasteiger partial charge in [-0.2, -0.15) is 0 Å². The summed E-state index contributed by atoms with van der Waals surface area (Å²) in [4.78, 5) is 0. The third kappa shape index (κ3) is 2.85. The molecule has 3 heteroatoms. The first kappa shape index (κ1) is 12.5. The van der Waals surface area contributed by atoms with E-state index in [9.17, 15) is 4.39 Å². The fourth-order valence-corrected chi connectivity index (χ4v) is 2.39. The molecular weight excluding hydrogens is 217 g/mol. The number of hydrogen-bond donors (Lipinski definition) is 1. The summed E-state index contributed by atoms with van der Waals surface area (Å²) in [6, 6.07) is 6.91. The highest BCUT2D eigenvalue weighted by molar-refractivity contribution is 5.32. The van der Waals surface area contributed by atoms with Crippen LogP contribution in [0.3, 0.4) is 0 Å². The summed E-state index contributed by atoms with van der Waals surface area (Å²) in [6.45, 7) is 4.91. The van der Waals surface area contributed by atoms with E-state index in [4.69, 9.17) is 4.74 Å². The van der Waals surface area contributed by atoms with Gasteiger partial charge in [0.2, 0.25) is 0 Å². The Labute approximate surface area is 102 Å². The molecule has 2 rings (SSSR count). The summed E-state index contributed by atoms with van der Waals surface area (Å²) in [5, 5.41) is 3.39. The molecule has 1 aromatic rings. The molecule has 2 atom stereocenters. The van der Waals surface area contributed by atoms with Gasteiger partial charge in [0.05, 0.1) is 6.61 Å². The first-order chi connectivity index (χ1) is 8.16. The van der Waals surface area contributed by atoms with Crippen molar-refractivity contribution in [2.24, 2.45) is 5.92 Å². The van der Waals surface area contributed by atoms with E-state index in [0.29, 0.717) is 5.92 Å². The van der Waals surface area contributed by atoms with Crippen LogP contribution in [0.2, 0.25) is 0 Å². The van der Waals surface area contributed by atoms with Gasteiger partial charge in [0.25, 0.3) is 0 Å². The molecule has 0 bridgehead atoms. The summed E-state index contributed by atoms with van der Waals surface area (Å²) in [7, 11) is 1.71. The van der Waals surface area contributed by atoms with Crippen LogP contribution in [-0.4, -0.2) is 26.8 Å². The van der Waals surface area contributed by atoms with Gasteiger partial charge in [-0.1, -0.05) is 19.1 Å². The average molecular weight is 237 g/mol. The van der Waals surface area contributed by atoms with Gasteiger partial charge in [-0.05, 0) is 42.0 Å². The average Bonchev–Trinajstić information content (AvgIpc) is 2.98. The molecule has 0 amide bonds. The van der Waals surface area contributed by atoms with Gasteiger partial charge in [0.15, 0.2) is 0 Å². The van der Waals surface area contributed by atoms with Gasteiger partial charge >= 0.3 is 0 Å². The van der Waals surface area contributed by atoms with E-state index < -0.39 is 0 Å². The smallest absolute Gasteiger partial charge is 0.123 e. The largest absolute Gasteiger partial charge is 0.383 e. The molecule has 0 heterocycles. The molecule has 94 valence electrons. The van der Waals surface area contributed by atoms with Crippen molar-refractivity contribution in [3.05, 3.63) is 35.6 Å². The minimum atomic E-state index is -0.159. The normalized spacial score (nSPS) is 27.1. The Morgan fingerprint density at radius 2 is 2.12 bits per heavy atom. The second-order valence-corrected chi connectivity index (χ2v) is 5.02. The van der Waals surface area contributed by atoms with Crippen molar-refractivity contribution in [1.82, 2.24) is 5.32 Å². The molecule has 1 N–H and O–H groups in total. The molecule has 0 saturated heterocycles. The zero-order valence-corrected chi connectivity index (χ0v) is 10.5. The van der Waals surface area contributed by atoms with Crippen LogP contribution in [0.15, 0.2) is 24.3 Å². The maximum Gasteiger partial charge on any atom is 0.123 e. The molecule has 1 aliphatic carbocycles. The SMILES string of the molecule is COCCNCC1CC1(C)c1ccc(F)cc1. The van der Waals surface area contributed by atoms with Crippen LogP contribution in [0.5, 0.6) is 0 Å². The van der Waals surface area contributed by atoms with Crippen LogP contribution >= 0.6 is 0 Å². The molecule has 0 radical (unpaired) electrons. The molecule has 1 saturated carbocycles. The van der Waals surface area contributed by atoms with Crippen LogP contribution in [-0.2, 0) is 10.2 Å². The molecule has 1 aliphatic rings. The van der Waals surface area contributed by atoms with Crippen LogP contribution in [0.25, 0.3) is 0 Å². The first-order valence-electron chi connectivity index (χ1n) is 6.12. The number of methoxy groups -OCH3 is 1. The van der Waals surface area contributed by atoms with Crippen molar-refractivity contribution < 1.29 is 9.13 Å². The lowest BCUT2D eigenvalue weighted by Crippen LogP contribution is -2.23. The lowest BCUT2D eigenvalue weighted by Gasteiger charge is -2.12. The van der Waals surface area contributed by atoms with Crippen molar-refractivity contribution in [1.29, 1.82) is 0 Å². The van der Waals surface area contributed by atoms with Gasteiger partial charge in [0.1, 0.15) is 5.82 Å². The van der Waals surface area contributed by atoms with E-state index in [2.05, 4.69) is 12.2 Å². The van der Waals surface area contributed by atoms with Crippen LogP contribution in [0.4, 0.5) is 4.39 Å². The summed E-state index contributed by atoms with van der Waals surface area (Å²) in [6.07, 6.45) is 1.18. The number of benzene rings is 1. The van der Waals surface area contributed by atoms with Gasteiger partial charge in [-0.15, -0.1) is 0 Å². The second-order valence-electron chi connectivity index (χ2n) is 5.02. The van der Waals surface area contributed by atoms with Gasteiger partial charge in [-0.3, -0.25) is 0 Å². The highest BCUT2D eigenvalue weighted by Crippen LogP contribution is 2.53. The molecule has 17 heavy (non-hydrogen) atoms. The monoisotopic (exact) mass is 237 g/mol. The number of hydrogen-bond acceptors (Lipinski definition) is 2. The Bertz CT molecular complexity index is 365. The molecule has 2 unspecified atom stereocenters. The topological polar surface area (TPSA) is 21.3 Å². The fourth-order valence-electron chi connectivity index (χ4n) is 2.39. The van der Waals surface area contributed by atoms with Crippen molar-refractivity contribution in [3.8, 4) is 0 Å². The Kier molecular flexibility index (Phi) is 3.79. The maximum atomic E-state index is 12.9. The minimum absolute atomic E-state index is 0.159. The van der Waals surface area contributed by atoms with E-state index >= 15 is 0 Å². The third-order valence-corrected chi connectivity index (χ3v) is 3.79. The van der Waals surface area contributed by atoms with E-state index in [1.54, 1.807) is 19.2 Å². The lowest BCUT2D eigenvalue weighted by molar-refractivity contribution is 0.199. The highest BCUT2D eigenvalue weighted by Gasteiger charge is 2.50. The van der Waals surface area contributed by atoms with Crippen molar-refractivity contribution in [2.45, 2.75) is 18.8 Å². The Balaban J connectivity index is 1.84. The predicted molar refractivity (Wildman–Crippen MR) is 66.6 cm³/mol. The van der Waals surface area contributed by atoms with E-state index in [0.717, 1.165) is 19.7 Å². The van der Waals surface area contributed by atoms with Crippen molar-refractivity contribution >= 4 is 0 Å². The van der Waals surface area contributed by atoms with Crippen LogP contribution in [0.1, 0.15) is 18.9 Å². The quantitative estimate of drug-likeness (QED) is 0.767. The molecular formula is C14H20FNO. The predicted octanol–water partition coefficient (Wildman–Crippen LogP) is 2.34. The van der Waals surface area contributed by atoms with Gasteiger partial charge in [0, 0.05) is 13.7 Å². The standard InChI is InChI=1S/C14H20FNO/c1-14(11-3-5-13(15)6-4-11)9-12(14)10-16-7-8-17-2/h3-6,12,16H,7-10H2,1-2H3. The summed E-state index contributed by atoms with van der Waals surface area (Å²) >= 11 is 0. The van der Waals surface area contributed by atoms with E-state index in [-0.39, 0.29) is 11.2 Å². The number of ether oxygens (including phenoxy) is 1. The first-order valence-corrected chi connectivity index (χ1v) is 6.12. The second kappa shape index (κ2) is 5.15. The molecule has 1 fully saturated rings. The molecule has 0 aliphatic heterocycles. The Morgan fingerprint density at radius 3 is 2.76 bits per heavy atom. The molecule has 1 aromatic carbocycles. The zero-order valence-electron chi connectivity index (χ0n) is 10.5. The van der Waals surface area contributed by atoms with Crippen LogP contribution < -0.4 is 5.32 Å². The lowest BCUT2D eigenvalue weighted by atomic mass is 9.95. The van der Waals surface area contributed by atoms with Crippen molar-refractivity contribution in [2.75, 3.05) is 26.8 Å². The Morgan fingerprint density at radius 1 is 1.41 bits per heavy atom. The fraction of sp³-hybridized carbons (Fsp3) is 0.571. The molecule has 0 aromatic heterocycles. The zero-order chi connectivity index (χ0) is 12.3. The van der Waals surface area contributed by atoms with Crippen molar-refractivity contribution in [3.63, 3.8) is 0 Å². The van der Waals surface area contributed by atoms with Gasteiger partial charge in [-0.25, -0.2) is 4.39 Å². The maximum absolute atomic E-state index is 12.9. The number of nitrogens with one attached hydrogen (secondary N) is 1. The van der Waals surface area contributed by atoms with Crippen LogP contribution in [0, 0.1) is 11.7 Å². The molecule has 0 spiro atoms. The van der Waals surface area contributed by atoms with E-state index in [1.807, 2.05) is 12.1 Å². The molecule has 2 nitrogen and oxygen atoms in total. The Hall–Kier alpha value is -0.930. The summed E-state index contributed by atoms with van der Waals surface area (Å²) in [5.41, 5.74) is 1.48.